The monoisotopic (exact) mass is 400 g/mol. The van der Waals surface area contributed by atoms with Crippen molar-refractivity contribution in [2.45, 2.75) is 71.5 Å². The van der Waals surface area contributed by atoms with E-state index >= 15 is 0 Å². The van der Waals surface area contributed by atoms with Crippen LogP contribution in [0.1, 0.15) is 52.5 Å². The second-order valence-corrected chi connectivity index (χ2v) is 8.71. The van der Waals surface area contributed by atoms with Gasteiger partial charge in [-0.2, -0.15) is 0 Å². The number of amides is 1. The first kappa shape index (κ1) is 24.8. The zero-order chi connectivity index (χ0) is 22.0. The van der Waals surface area contributed by atoms with Gasteiger partial charge in [-0.3, -0.25) is 4.79 Å². The van der Waals surface area contributed by atoms with Crippen molar-refractivity contribution in [2.75, 3.05) is 0 Å². The van der Waals surface area contributed by atoms with Crippen molar-refractivity contribution in [3.05, 3.63) is 60.4 Å². The standard InChI is InChI=1S/C24H40N4O/c1-16(2)12-13-23(29)28-24(17(3)4)19(6)27-22(21(26)14-18(5)25)15-20-10-8-7-9-11-20/h7-11,16-17,21-22,24,27H,5-6,12-15,25-26H2,1-4H3,(H,28,29)/t21-,22?,24?/m0/s1. The summed E-state index contributed by atoms with van der Waals surface area (Å²) >= 11 is 0. The van der Waals surface area contributed by atoms with Crippen LogP contribution in [0.4, 0.5) is 0 Å². The second kappa shape index (κ2) is 12.3. The second-order valence-electron chi connectivity index (χ2n) is 8.71. The molecule has 0 aliphatic heterocycles. The van der Waals surface area contributed by atoms with E-state index < -0.39 is 0 Å². The zero-order valence-corrected chi connectivity index (χ0v) is 18.6. The molecule has 0 radical (unpaired) electrons. The predicted octanol–water partition coefficient (Wildman–Crippen LogP) is 3.47. The molecular weight excluding hydrogens is 360 g/mol. The summed E-state index contributed by atoms with van der Waals surface area (Å²) in [4.78, 5) is 12.4. The lowest BCUT2D eigenvalue weighted by Crippen LogP contribution is -2.51. The minimum absolute atomic E-state index is 0.0552. The van der Waals surface area contributed by atoms with Gasteiger partial charge in [0, 0.05) is 36.3 Å². The van der Waals surface area contributed by atoms with Gasteiger partial charge in [0.05, 0.1) is 6.04 Å². The van der Waals surface area contributed by atoms with Crippen molar-refractivity contribution in [1.29, 1.82) is 0 Å². The van der Waals surface area contributed by atoms with E-state index in [0.717, 1.165) is 18.5 Å². The molecule has 1 aromatic rings. The Bertz CT molecular complexity index is 654. The van der Waals surface area contributed by atoms with Crippen LogP contribution in [0, 0.1) is 11.8 Å². The van der Waals surface area contributed by atoms with Gasteiger partial charge in [0.1, 0.15) is 0 Å². The van der Waals surface area contributed by atoms with Gasteiger partial charge < -0.3 is 22.1 Å². The van der Waals surface area contributed by atoms with Crippen LogP contribution < -0.4 is 22.1 Å². The van der Waals surface area contributed by atoms with Gasteiger partial charge in [0.2, 0.25) is 5.91 Å². The van der Waals surface area contributed by atoms with Crippen LogP contribution >= 0.6 is 0 Å². The fourth-order valence-electron chi connectivity index (χ4n) is 3.27. The molecule has 5 nitrogen and oxygen atoms in total. The number of carbonyl (C=O) groups is 1. The molecule has 162 valence electrons. The Kier molecular flexibility index (Phi) is 10.5. The average molecular weight is 401 g/mol. The highest BCUT2D eigenvalue weighted by atomic mass is 16.1. The summed E-state index contributed by atoms with van der Waals surface area (Å²) in [6.07, 6.45) is 2.65. The van der Waals surface area contributed by atoms with Crippen LogP contribution in [-0.4, -0.2) is 24.0 Å². The lowest BCUT2D eigenvalue weighted by atomic mass is 9.94. The molecule has 6 N–H and O–H groups in total. The smallest absolute Gasteiger partial charge is 0.220 e. The quantitative estimate of drug-likeness (QED) is 0.408. The molecule has 0 saturated heterocycles. The minimum Gasteiger partial charge on any atom is -0.402 e. The fraction of sp³-hybridized carbons (Fsp3) is 0.542. The van der Waals surface area contributed by atoms with E-state index in [1.807, 2.05) is 18.2 Å². The number of hydrogen-bond donors (Lipinski definition) is 4. The first-order valence-corrected chi connectivity index (χ1v) is 10.6. The molecular formula is C24H40N4O. The Balaban J connectivity index is 2.87. The first-order chi connectivity index (χ1) is 13.6. The third-order valence-corrected chi connectivity index (χ3v) is 4.99. The average Bonchev–Trinajstić information content (AvgIpc) is 2.63. The van der Waals surface area contributed by atoms with Gasteiger partial charge in [0.25, 0.3) is 0 Å². The summed E-state index contributed by atoms with van der Waals surface area (Å²) in [6.45, 7) is 16.4. The maximum atomic E-state index is 12.4. The lowest BCUT2D eigenvalue weighted by molar-refractivity contribution is -0.122. The predicted molar refractivity (Wildman–Crippen MR) is 123 cm³/mol. The number of carbonyl (C=O) groups excluding carboxylic acids is 1. The minimum atomic E-state index is -0.214. The number of hydrogen-bond acceptors (Lipinski definition) is 4. The molecule has 3 atom stereocenters. The van der Waals surface area contributed by atoms with Gasteiger partial charge in [-0.05, 0) is 30.2 Å². The molecule has 0 bridgehead atoms. The highest BCUT2D eigenvalue weighted by Gasteiger charge is 2.25. The van der Waals surface area contributed by atoms with Gasteiger partial charge >= 0.3 is 0 Å². The number of nitrogens with two attached hydrogens (primary N) is 2. The third-order valence-electron chi connectivity index (χ3n) is 4.99. The van der Waals surface area contributed by atoms with Crippen LogP contribution in [-0.2, 0) is 11.2 Å². The number of rotatable bonds is 13. The van der Waals surface area contributed by atoms with Crippen LogP contribution in [0.5, 0.6) is 0 Å². The molecule has 1 rings (SSSR count). The summed E-state index contributed by atoms with van der Waals surface area (Å²) in [7, 11) is 0. The molecule has 0 aliphatic rings. The number of nitrogens with one attached hydrogen (secondary N) is 2. The maximum Gasteiger partial charge on any atom is 0.220 e. The Morgan fingerprint density at radius 2 is 1.69 bits per heavy atom. The molecule has 29 heavy (non-hydrogen) atoms. The highest BCUT2D eigenvalue weighted by molar-refractivity contribution is 5.76. The van der Waals surface area contributed by atoms with Crippen molar-refractivity contribution < 1.29 is 4.79 Å². The Morgan fingerprint density at radius 3 is 2.21 bits per heavy atom. The summed E-state index contributed by atoms with van der Waals surface area (Å²) in [6, 6.07) is 9.73. The largest absolute Gasteiger partial charge is 0.402 e. The van der Waals surface area contributed by atoms with Gasteiger partial charge in [-0.15, -0.1) is 0 Å². The lowest BCUT2D eigenvalue weighted by Gasteiger charge is -2.32. The normalized spacial score (nSPS) is 14.3. The van der Waals surface area contributed by atoms with Gasteiger partial charge in [-0.1, -0.05) is 71.2 Å². The van der Waals surface area contributed by atoms with Crippen LogP contribution in [0.25, 0.3) is 0 Å². The fourth-order valence-corrected chi connectivity index (χ4v) is 3.27. The highest BCUT2D eigenvalue weighted by Crippen LogP contribution is 2.15. The molecule has 0 fully saturated rings. The van der Waals surface area contributed by atoms with E-state index in [9.17, 15) is 4.79 Å². The molecule has 1 amide bonds. The van der Waals surface area contributed by atoms with Crippen molar-refractivity contribution in [3.63, 3.8) is 0 Å². The molecule has 0 aliphatic carbocycles. The van der Waals surface area contributed by atoms with Crippen LogP contribution in [0.15, 0.2) is 54.9 Å². The number of benzene rings is 1. The van der Waals surface area contributed by atoms with E-state index in [4.69, 9.17) is 11.5 Å². The Labute approximate surface area is 177 Å². The van der Waals surface area contributed by atoms with Crippen LogP contribution in [0.3, 0.4) is 0 Å². The van der Waals surface area contributed by atoms with E-state index in [2.05, 4.69) is 63.6 Å². The molecule has 0 saturated carbocycles. The molecule has 0 spiro atoms. The van der Waals surface area contributed by atoms with Crippen LogP contribution in [0.2, 0.25) is 0 Å². The molecule has 5 heteroatoms. The summed E-state index contributed by atoms with van der Waals surface area (Å²) in [5.41, 5.74) is 14.8. The maximum absolute atomic E-state index is 12.4. The summed E-state index contributed by atoms with van der Waals surface area (Å²) in [5.74, 6) is 0.757. The van der Waals surface area contributed by atoms with Crippen molar-refractivity contribution in [1.82, 2.24) is 10.6 Å². The van der Waals surface area contributed by atoms with E-state index in [0.29, 0.717) is 24.5 Å². The van der Waals surface area contributed by atoms with Crippen molar-refractivity contribution in [2.24, 2.45) is 23.3 Å². The molecule has 2 unspecified atom stereocenters. The van der Waals surface area contributed by atoms with E-state index in [1.165, 1.54) is 5.56 Å². The Hall–Kier alpha value is -2.27. The molecule has 1 aromatic carbocycles. The first-order valence-electron chi connectivity index (χ1n) is 10.6. The van der Waals surface area contributed by atoms with Gasteiger partial charge in [-0.25, -0.2) is 0 Å². The third kappa shape index (κ3) is 9.66. The summed E-state index contributed by atoms with van der Waals surface area (Å²) in [5, 5.41) is 6.63. The zero-order valence-electron chi connectivity index (χ0n) is 18.6. The van der Waals surface area contributed by atoms with E-state index in [1.54, 1.807) is 0 Å². The van der Waals surface area contributed by atoms with Crippen molar-refractivity contribution >= 4 is 5.91 Å². The molecule has 0 aromatic heterocycles. The van der Waals surface area contributed by atoms with Crippen molar-refractivity contribution in [3.8, 4) is 0 Å². The summed E-state index contributed by atoms with van der Waals surface area (Å²) < 4.78 is 0. The van der Waals surface area contributed by atoms with Gasteiger partial charge in [0.15, 0.2) is 0 Å². The topological polar surface area (TPSA) is 93.2 Å². The van der Waals surface area contributed by atoms with E-state index in [-0.39, 0.29) is 30.0 Å². The molecule has 0 heterocycles. The SMILES string of the molecule is C=C(N)C[C@H](N)C(Cc1ccccc1)NC(=C)C(NC(=O)CCC(C)C)C(C)C. The Morgan fingerprint density at radius 1 is 1.07 bits per heavy atom.